The Morgan fingerprint density at radius 1 is 0.800 bits per heavy atom. The summed E-state index contributed by atoms with van der Waals surface area (Å²) >= 11 is 0.782. The van der Waals surface area contributed by atoms with Gasteiger partial charge >= 0.3 is 80.4 Å². The molecule has 0 radical (unpaired) electrons. The Morgan fingerprint density at radius 3 is 1.00 bits per heavy atom. The van der Waals surface area contributed by atoms with Gasteiger partial charge in [0.15, 0.2) is 0 Å². The van der Waals surface area contributed by atoms with Gasteiger partial charge in [-0.25, -0.2) is 0 Å². The zero-order valence-corrected chi connectivity index (χ0v) is 14.3. The first-order valence-corrected chi connectivity index (χ1v) is 7.45. The molecule has 0 aliphatic rings. The Morgan fingerprint density at radius 2 is 1.00 bits per heavy atom. The van der Waals surface area contributed by atoms with E-state index in [9.17, 15) is 0 Å². The fourth-order valence-electron chi connectivity index (χ4n) is 1.30. The van der Waals surface area contributed by atoms with Gasteiger partial charge in [0.25, 0.3) is 0 Å². The maximum absolute atomic E-state index is 2.36. The predicted octanol–water partition coefficient (Wildman–Crippen LogP) is 2.50. The van der Waals surface area contributed by atoms with Crippen LogP contribution in [0, 0.1) is 10.8 Å². The van der Waals surface area contributed by atoms with E-state index in [1.54, 1.807) is 0 Å². The first-order chi connectivity index (χ1) is 4.15. The van der Waals surface area contributed by atoms with Crippen molar-refractivity contribution in [1.29, 1.82) is 0 Å². The van der Waals surface area contributed by atoms with E-state index in [1.165, 1.54) is 0 Å². The van der Waals surface area contributed by atoms with Gasteiger partial charge in [-0.15, -0.1) is 0 Å². The quantitative estimate of drug-likeness (QED) is 0.614. The molecule has 0 atom stereocenters. The van der Waals surface area contributed by atoms with Crippen molar-refractivity contribution in [3.05, 3.63) is 0 Å². The van der Waals surface area contributed by atoms with Gasteiger partial charge < -0.3 is 0 Å². The van der Waals surface area contributed by atoms with E-state index in [4.69, 9.17) is 0 Å². The molecule has 0 aliphatic heterocycles. The van der Waals surface area contributed by atoms with Gasteiger partial charge in [-0.2, -0.15) is 0 Å². The molecular formula is C9H21In. The van der Waals surface area contributed by atoms with Crippen LogP contribution in [0.3, 0.4) is 0 Å². The molecular weight excluding hydrogens is 223 g/mol. The molecule has 0 bridgehead atoms. The van der Waals surface area contributed by atoms with Crippen LogP contribution in [0.25, 0.3) is 0 Å². The molecule has 0 unspecified atom stereocenters. The average molecular weight is 244 g/mol. The summed E-state index contributed by atoms with van der Waals surface area (Å²) in [5, 5.41) is 0. The van der Waals surface area contributed by atoms with Crippen LogP contribution in [0.15, 0.2) is 0 Å². The van der Waals surface area contributed by atoms with Crippen LogP contribution in [0.5, 0.6) is 0 Å². The van der Waals surface area contributed by atoms with Crippen LogP contribution in [-0.2, 0) is 0 Å². The minimum atomic E-state index is 0.536. The molecule has 0 nitrogen and oxygen atoms in total. The Hall–Kier alpha value is 0.870. The molecule has 0 N–H and O–H groups in total. The number of hydrogen-bond acceptors (Lipinski definition) is 0. The van der Waals surface area contributed by atoms with Gasteiger partial charge in [-0.1, -0.05) is 0 Å². The van der Waals surface area contributed by atoms with Gasteiger partial charge in [0, 0.05) is 0 Å². The third-order valence-corrected chi connectivity index (χ3v) is 12.5. The van der Waals surface area contributed by atoms with E-state index in [1.807, 2.05) is 0 Å². The summed E-state index contributed by atoms with van der Waals surface area (Å²) in [4.78, 5) is 0. The Kier molecular flexibility index (Phi) is 3.35. The number of hydrogen-bond donors (Lipinski definition) is 0. The molecule has 0 fully saturated rings. The standard InChI is InChI=1S/C9H19.In.2H/c1-8(2,3)7-9(4,5)6;;;/h7H,1-6H3;;;. The number of rotatable bonds is 0. The van der Waals surface area contributed by atoms with Crippen LogP contribution in [-0.4, -0.2) is 24.4 Å². The second-order valence-corrected chi connectivity index (χ2v) is 8.75. The summed E-state index contributed by atoms with van der Waals surface area (Å²) in [7, 11) is 0. The molecule has 0 aromatic carbocycles. The first kappa shape index (κ1) is 10.9. The molecule has 0 aliphatic carbocycles. The van der Waals surface area contributed by atoms with Crippen LogP contribution >= 0.6 is 0 Å². The SMILES string of the molecule is CC(C)(C)[CH]([InH2])C(C)(C)C. The van der Waals surface area contributed by atoms with Gasteiger partial charge in [0.05, 0.1) is 0 Å². The summed E-state index contributed by atoms with van der Waals surface area (Å²) < 4.78 is 0.974. The fraction of sp³-hybridized carbons (Fsp3) is 1.00. The molecule has 0 amide bonds. The van der Waals surface area contributed by atoms with Crippen molar-refractivity contribution in [1.82, 2.24) is 0 Å². The Labute approximate surface area is 80.4 Å². The molecule has 0 saturated heterocycles. The van der Waals surface area contributed by atoms with Crippen LogP contribution in [0.4, 0.5) is 0 Å². The summed E-state index contributed by atoms with van der Waals surface area (Å²) in [6.07, 6.45) is 0. The molecule has 10 heavy (non-hydrogen) atoms. The van der Waals surface area contributed by atoms with Crippen molar-refractivity contribution in [2.75, 3.05) is 0 Å². The fourth-order valence-corrected chi connectivity index (χ4v) is 1.30. The van der Waals surface area contributed by atoms with Gasteiger partial charge in [0.2, 0.25) is 0 Å². The monoisotopic (exact) mass is 244 g/mol. The van der Waals surface area contributed by atoms with Crippen molar-refractivity contribution in [2.24, 2.45) is 10.8 Å². The van der Waals surface area contributed by atoms with E-state index in [0.29, 0.717) is 10.8 Å². The first-order valence-electron chi connectivity index (χ1n) is 4.15. The van der Waals surface area contributed by atoms with Crippen molar-refractivity contribution in [3.8, 4) is 0 Å². The molecule has 0 aromatic rings. The molecule has 0 saturated carbocycles. The van der Waals surface area contributed by atoms with Crippen molar-refractivity contribution >= 4 is 24.4 Å². The van der Waals surface area contributed by atoms with Gasteiger partial charge in [-0.05, 0) is 0 Å². The molecule has 0 rings (SSSR count). The van der Waals surface area contributed by atoms with E-state index in [2.05, 4.69) is 41.5 Å². The molecule has 0 spiro atoms. The third kappa shape index (κ3) is 3.32. The normalized spacial score (nSPS) is 14.3. The molecule has 0 aromatic heterocycles. The van der Waals surface area contributed by atoms with Gasteiger partial charge in [0.1, 0.15) is 0 Å². The van der Waals surface area contributed by atoms with Crippen molar-refractivity contribution in [2.45, 2.75) is 45.2 Å². The second kappa shape index (κ2) is 3.08. The minimum absolute atomic E-state index is 0.536. The summed E-state index contributed by atoms with van der Waals surface area (Å²) in [5.74, 6) is 0. The summed E-state index contributed by atoms with van der Waals surface area (Å²) in [6.45, 7) is 14.2. The summed E-state index contributed by atoms with van der Waals surface area (Å²) in [5.41, 5.74) is 1.07. The maximum atomic E-state index is 2.36. The predicted molar refractivity (Wildman–Crippen MR) is 51.2 cm³/mol. The van der Waals surface area contributed by atoms with E-state index in [-0.39, 0.29) is 0 Å². The average Bonchev–Trinajstić information content (AvgIpc) is 1.59. The molecule has 0 heterocycles. The molecule has 1 heteroatoms. The van der Waals surface area contributed by atoms with Crippen molar-refractivity contribution in [3.63, 3.8) is 0 Å². The summed E-state index contributed by atoms with van der Waals surface area (Å²) in [6, 6.07) is 0. The van der Waals surface area contributed by atoms with Crippen molar-refractivity contribution < 1.29 is 0 Å². The molecule has 60 valence electrons. The van der Waals surface area contributed by atoms with E-state index in [0.717, 1.165) is 28.0 Å². The van der Waals surface area contributed by atoms with E-state index >= 15 is 0 Å². The zero-order chi connectivity index (χ0) is 8.58. The van der Waals surface area contributed by atoms with E-state index < -0.39 is 0 Å². The van der Waals surface area contributed by atoms with Crippen LogP contribution in [0.2, 0.25) is 3.67 Å². The Bertz CT molecular complexity index is 88.9. The second-order valence-electron chi connectivity index (χ2n) is 5.45. The van der Waals surface area contributed by atoms with Gasteiger partial charge in [-0.3, -0.25) is 0 Å². The third-order valence-electron chi connectivity index (χ3n) is 2.60. The zero-order valence-electron chi connectivity index (χ0n) is 8.58. The topological polar surface area (TPSA) is 0 Å². The van der Waals surface area contributed by atoms with Crippen LogP contribution in [0.1, 0.15) is 41.5 Å². The van der Waals surface area contributed by atoms with Crippen LogP contribution < -0.4 is 0 Å². The Balaban J connectivity index is 4.23.